The van der Waals surface area contributed by atoms with Crippen LogP contribution in [0.15, 0.2) is 53.7 Å². The molecule has 5 nitrogen and oxygen atoms in total. The van der Waals surface area contributed by atoms with E-state index in [1.807, 2.05) is 24.3 Å². The van der Waals surface area contributed by atoms with Gasteiger partial charge in [-0.05, 0) is 91.9 Å². The van der Waals surface area contributed by atoms with Crippen LogP contribution in [0.1, 0.15) is 20.8 Å². The lowest BCUT2D eigenvalue weighted by Crippen LogP contribution is -2.24. The van der Waals surface area contributed by atoms with Crippen LogP contribution in [-0.2, 0) is 9.63 Å². The van der Waals surface area contributed by atoms with Crippen LogP contribution in [0.25, 0.3) is 0 Å². The highest BCUT2D eigenvalue weighted by molar-refractivity contribution is 14.1. The summed E-state index contributed by atoms with van der Waals surface area (Å²) in [6, 6.07) is 14.8. The molecule has 0 fully saturated rings. The van der Waals surface area contributed by atoms with Crippen molar-refractivity contribution in [1.29, 1.82) is 0 Å². The minimum absolute atomic E-state index is 0.546. The second-order valence-corrected chi connectivity index (χ2v) is 6.48. The van der Waals surface area contributed by atoms with Crippen LogP contribution in [0.3, 0.4) is 0 Å². The lowest BCUT2D eigenvalue weighted by atomic mass is 10.3. The number of nitrogens with zero attached hydrogens (tertiary/aromatic N) is 1. The summed E-state index contributed by atoms with van der Waals surface area (Å²) in [5, 5.41) is 3.62. The third-order valence-corrected chi connectivity index (χ3v) is 3.56. The summed E-state index contributed by atoms with van der Waals surface area (Å²) in [6.07, 6.45) is -0.754. The average molecular weight is 439 g/mol. The number of benzene rings is 2. The van der Waals surface area contributed by atoms with E-state index in [-0.39, 0.29) is 0 Å². The number of carbonyl (C=O) groups is 1. The van der Waals surface area contributed by atoms with Crippen molar-refractivity contribution in [1.82, 2.24) is 0 Å². The Balaban J connectivity index is 1.92. The first-order valence-electron chi connectivity index (χ1n) is 7.36. The molecule has 2 rings (SSSR count). The summed E-state index contributed by atoms with van der Waals surface area (Å²) >= 11 is 2.24. The van der Waals surface area contributed by atoms with Gasteiger partial charge >= 0.3 is 5.97 Å². The first-order chi connectivity index (χ1) is 11.4. The molecule has 6 heteroatoms. The molecule has 24 heavy (non-hydrogen) atoms. The molecule has 0 aromatic heterocycles. The van der Waals surface area contributed by atoms with Crippen LogP contribution in [-0.4, -0.2) is 17.8 Å². The average Bonchev–Trinajstić information content (AvgIpc) is 2.56. The number of rotatable bonds is 6. The van der Waals surface area contributed by atoms with Gasteiger partial charge in [-0.15, -0.1) is 0 Å². The van der Waals surface area contributed by atoms with Gasteiger partial charge in [0.1, 0.15) is 17.2 Å². The normalized spacial score (nSPS) is 11.3. The van der Waals surface area contributed by atoms with Crippen LogP contribution in [0.5, 0.6) is 17.2 Å². The van der Waals surface area contributed by atoms with Gasteiger partial charge in [0.2, 0.25) is 0 Å². The topological polar surface area (TPSA) is 57.1 Å². The summed E-state index contributed by atoms with van der Waals surface area (Å²) in [5.74, 6) is 1.45. The fourth-order valence-corrected chi connectivity index (χ4v) is 2.05. The van der Waals surface area contributed by atoms with Crippen LogP contribution < -0.4 is 9.47 Å². The summed E-state index contributed by atoms with van der Waals surface area (Å²) in [6.45, 7) is 5.09. The molecule has 1 atom stereocenters. The Labute approximate surface area is 154 Å². The molecule has 2 aromatic carbocycles. The third kappa shape index (κ3) is 5.84. The summed E-state index contributed by atoms with van der Waals surface area (Å²) in [4.78, 5) is 16.5. The summed E-state index contributed by atoms with van der Waals surface area (Å²) < 4.78 is 12.4. The predicted molar refractivity (Wildman–Crippen MR) is 101 cm³/mol. The lowest BCUT2D eigenvalue weighted by molar-refractivity contribution is -0.151. The third-order valence-electron chi connectivity index (χ3n) is 2.84. The fraction of sp³-hybridized carbons (Fsp3) is 0.222. The molecule has 0 N–H and O–H groups in total. The van der Waals surface area contributed by atoms with Gasteiger partial charge in [0.15, 0.2) is 6.10 Å². The standard InChI is InChI=1S/C18H18INO4/c1-12(2)20-24-18(21)13(3)22-15-8-10-17(11-9-15)23-16-6-4-14(19)5-7-16/h4-11,13H,1-3H3. The van der Waals surface area contributed by atoms with E-state index in [0.29, 0.717) is 17.2 Å². The minimum Gasteiger partial charge on any atom is -0.479 e. The monoisotopic (exact) mass is 439 g/mol. The Kier molecular flexibility index (Phi) is 6.60. The van der Waals surface area contributed by atoms with Gasteiger partial charge in [0, 0.05) is 3.57 Å². The van der Waals surface area contributed by atoms with Crippen molar-refractivity contribution in [3.05, 3.63) is 52.1 Å². The number of hydrogen-bond donors (Lipinski definition) is 0. The van der Waals surface area contributed by atoms with E-state index in [4.69, 9.17) is 14.3 Å². The molecule has 0 bridgehead atoms. The lowest BCUT2D eigenvalue weighted by Gasteiger charge is -2.12. The van der Waals surface area contributed by atoms with E-state index in [2.05, 4.69) is 27.7 Å². The Hall–Kier alpha value is -2.09. The zero-order valence-electron chi connectivity index (χ0n) is 13.7. The van der Waals surface area contributed by atoms with E-state index in [9.17, 15) is 4.79 Å². The van der Waals surface area contributed by atoms with Crippen molar-refractivity contribution in [2.24, 2.45) is 5.16 Å². The highest BCUT2D eigenvalue weighted by Gasteiger charge is 2.16. The summed E-state index contributed by atoms with van der Waals surface area (Å²) in [7, 11) is 0. The van der Waals surface area contributed by atoms with Crippen LogP contribution >= 0.6 is 22.6 Å². The molecule has 0 heterocycles. The molecule has 0 aliphatic rings. The zero-order valence-corrected chi connectivity index (χ0v) is 15.8. The van der Waals surface area contributed by atoms with E-state index < -0.39 is 12.1 Å². The smallest absolute Gasteiger partial charge is 0.374 e. The summed E-state index contributed by atoms with van der Waals surface area (Å²) in [5.41, 5.74) is 0.660. The highest BCUT2D eigenvalue weighted by Crippen LogP contribution is 2.25. The highest BCUT2D eigenvalue weighted by atomic mass is 127. The molecule has 2 aromatic rings. The SMILES string of the molecule is CC(C)=NOC(=O)C(C)Oc1ccc(Oc2ccc(I)cc2)cc1. The van der Waals surface area contributed by atoms with Gasteiger partial charge in [0.25, 0.3) is 0 Å². The van der Waals surface area contributed by atoms with E-state index >= 15 is 0 Å². The second kappa shape index (κ2) is 8.68. The fourth-order valence-electron chi connectivity index (χ4n) is 1.69. The molecule has 0 spiro atoms. The maximum absolute atomic E-state index is 11.7. The Morgan fingerprint density at radius 1 is 0.958 bits per heavy atom. The minimum atomic E-state index is -0.754. The first-order valence-corrected chi connectivity index (χ1v) is 8.44. The molecule has 0 radical (unpaired) electrons. The van der Waals surface area contributed by atoms with Crippen molar-refractivity contribution in [3.63, 3.8) is 0 Å². The van der Waals surface area contributed by atoms with Gasteiger partial charge in [-0.25, -0.2) is 4.79 Å². The molecule has 0 saturated heterocycles. The van der Waals surface area contributed by atoms with Gasteiger partial charge in [0.05, 0.1) is 5.71 Å². The van der Waals surface area contributed by atoms with Crippen molar-refractivity contribution < 1.29 is 19.1 Å². The largest absolute Gasteiger partial charge is 0.479 e. The van der Waals surface area contributed by atoms with Gasteiger partial charge < -0.3 is 14.3 Å². The van der Waals surface area contributed by atoms with E-state index in [1.165, 1.54) is 0 Å². The van der Waals surface area contributed by atoms with Crippen molar-refractivity contribution in [3.8, 4) is 17.2 Å². The molecule has 126 valence electrons. The number of hydrogen-bond acceptors (Lipinski definition) is 5. The van der Waals surface area contributed by atoms with Gasteiger partial charge in [-0.3, -0.25) is 0 Å². The zero-order chi connectivity index (χ0) is 17.5. The maximum Gasteiger partial charge on any atom is 0.374 e. The van der Waals surface area contributed by atoms with E-state index in [0.717, 1.165) is 9.32 Å². The van der Waals surface area contributed by atoms with E-state index in [1.54, 1.807) is 45.0 Å². The van der Waals surface area contributed by atoms with Crippen LogP contribution in [0, 0.1) is 3.57 Å². The number of halogens is 1. The number of oxime groups is 1. The van der Waals surface area contributed by atoms with Crippen LogP contribution in [0.2, 0.25) is 0 Å². The number of carbonyl (C=O) groups excluding carboxylic acids is 1. The molecule has 0 amide bonds. The Morgan fingerprint density at radius 3 is 2.00 bits per heavy atom. The van der Waals surface area contributed by atoms with Crippen LogP contribution in [0.4, 0.5) is 0 Å². The molecule has 1 unspecified atom stereocenters. The number of ether oxygens (including phenoxy) is 2. The van der Waals surface area contributed by atoms with Gasteiger partial charge in [-0.1, -0.05) is 5.16 Å². The Bertz CT molecular complexity index is 707. The predicted octanol–water partition coefficient (Wildman–Crippen LogP) is 4.79. The van der Waals surface area contributed by atoms with Crippen molar-refractivity contribution in [2.75, 3.05) is 0 Å². The molecular weight excluding hydrogens is 421 g/mol. The molecule has 0 saturated carbocycles. The molecule has 0 aliphatic carbocycles. The maximum atomic E-state index is 11.7. The first kappa shape index (κ1) is 18.3. The van der Waals surface area contributed by atoms with Gasteiger partial charge in [-0.2, -0.15) is 0 Å². The van der Waals surface area contributed by atoms with Crippen molar-refractivity contribution >= 4 is 34.3 Å². The quantitative estimate of drug-likeness (QED) is 0.281. The van der Waals surface area contributed by atoms with Crippen molar-refractivity contribution in [2.45, 2.75) is 26.9 Å². The Morgan fingerprint density at radius 2 is 1.46 bits per heavy atom. The second-order valence-electron chi connectivity index (χ2n) is 5.24. The molecular formula is C18H18INO4. The molecule has 0 aliphatic heterocycles.